The molecule has 0 saturated carbocycles. The third-order valence-electron chi connectivity index (χ3n) is 1.48. The minimum atomic E-state index is 0.982. The largest absolute Gasteiger partial charge is 0.249 e. The highest BCUT2D eigenvalue weighted by Crippen LogP contribution is 2.20. The first-order valence-corrected chi connectivity index (χ1v) is 4.27. The predicted molar refractivity (Wildman–Crippen MR) is 46.9 cm³/mol. The Morgan fingerprint density at radius 3 is 3.00 bits per heavy atom. The van der Waals surface area contributed by atoms with Gasteiger partial charge in [0, 0.05) is 11.1 Å². The first-order chi connectivity index (χ1) is 5.25. The molecule has 0 saturated heterocycles. The average Bonchev–Trinajstić information content (AvgIpc) is 2.27. The van der Waals surface area contributed by atoms with Crippen molar-refractivity contribution in [2.24, 2.45) is 0 Å². The number of hydrogen-bond acceptors (Lipinski definition) is 3. The van der Waals surface area contributed by atoms with E-state index in [4.69, 9.17) is 0 Å². The lowest BCUT2D eigenvalue weighted by molar-refractivity contribution is 1.20. The number of aromatic nitrogens is 2. The van der Waals surface area contributed by atoms with Gasteiger partial charge in [-0.05, 0) is 19.9 Å². The van der Waals surface area contributed by atoms with Crippen LogP contribution in [0, 0.1) is 13.8 Å². The zero-order chi connectivity index (χ0) is 7.84. The SMILES string of the molecule is Cc1cnc2sc(C)cc2n1. The summed E-state index contributed by atoms with van der Waals surface area (Å²) in [7, 11) is 0. The van der Waals surface area contributed by atoms with Crippen LogP contribution in [-0.2, 0) is 0 Å². The molecule has 2 aromatic heterocycles. The van der Waals surface area contributed by atoms with Gasteiger partial charge in [0.2, 0.25) is 0 Å². The van der Waals surface area contributed by atoms with E-state index in [9.17, 15) is 0 Å². The Morgan fingerprint density at radius 1 is 1.36 bits per heavy atom. The minimum Gasteiger partial charge on any atom is -0.249 e. The van der Waals surface area contributed by atoms with E-state index in [0.29, 0.717) is 0 Å². The van der Waals surface area contributed by atoms with E-state index < -0.39 is 0 Å². The van der Waals surface area contributed by atoms with Crippen molar-refractivity contribution < 1.29 is 0 Å². The van der Waals surface area contributed by atoms with Crippen LogP contribution < -0.4 is 0 Å². The quantitative estimate of drug-likeness (QED) is 0.597. The summed E-state index contributed by atoms with van der Waals surface area (Å²) in [5.41, 5.74) is 2.00. The summed E-state index contributed by atoms with van der Waals surface area (Å²) in [6.07, 6.45) is 1.80. The summed E-state index contributed by atoms with van der Waals surface area (Å²) in [4.78, 5) is 10.9. The molecule has 2 nitrogen and oxygen atoms in total. The molecule has 3 heteroatoms. The van der Waals surface area contributed by atoms with Gasteiger partial charge in [-0.15, -0.1) is 11.3 Å². The summed E-state index contributed by atoms with van der Waals surface area (Å²) >= 11 is 1.69. The topological polar surface area (TPSA) is 25.8 Å². The fraction of sp³-hybridized carbons (Fsp3) is 0.250. The fourth-order valence-corrected chi connectivity index (χ4v) is 1.82. The molecule has 2 aromatic rings. The lowest BCUT2D eigenvalue weighted by atomic mass is 10.4. The zero-order valence-corrected chi connectivity index (χ0v) is 7.27. The van der Waals surface area contributed by atoms with Gasteiger partial charge in [-0.2, -0.15) is 0 Å². The molecule has 0 amide bonds. The molecule has 0 bridgehead atoms. The van der Waals surface area contributed by atoms with Crippen molar-refractivity contribution in [2.75, 3.05) is 0 Å². The molecule has 0 N–H and O–H groups in total. The number of fused-ring (bicyclic) bond motifs is 1. The second kappa shape index (κ2) is 2.27. The Kier molecular flexibility index (Phi) is 1.39. The predicted octanol–water partition coefficient (Wildman–Crippen LogP) is 2.31. The monoisotopic (exact) mass is 164 g/mol. The Morgan fingerprint density at radius 2 is 2.18 bits per heavy atom. The molecule has 0 radical (unpaired) electrons. The van der Waals surface area contributed by atoms with Crippen LogP contribution in [0.4, 0.5) is 0 Å². The molecule has 0 aromatic carbocycles. The van der Waals surface area contributed by atoms with Crippen LogP contribution in [0.3, 0.4) is 0 Å². The van der Waals surface area contributed by atoms with E-state index in [1.165, 1.54) is 4.88 Å². The van der Waals surface area contributed by atoms with E-state index in [2.05, 4.69) is 23.0 Å². The second-order valence-corrected chi connectivity index (χ2v) is 3.79. The van der Waals surface area contributed by atoms with E-state index in [-0.39, 0.29) is 0 Å². The highest BCUT2D eigenvalue weighted by molar-refractivity contribution is 7.18. The smallest absolute Gasteiger partial charge is 0.142 e. The lowest BCUT2D eigenvalue weighted by Gasteiger charge is -1.88. The van der Waals surface area contributed by atoms with Crippen molar-refractivity contribution in [3.8, 4) is 0 Å². The van der Waals surface area contributed by atoms with Gasteiger partial charge in [0.05, 0.1) is 5.69 Å². The van der Waals surface area contributed by atoms with Crippen LogP contribution in [0.15, 0.2) is 12.3 Å². The average molecular weight is 164 g/mol. The molecule has 0 atom stereocenters. The van der Waals surface area contributed by atoms with Gasteiger partial charge in [0.25, 0.3) is 0 Å². The van der Waals surface area contributed by atoms with Gasteiger partial charge in [-0.3, -0.25) is 0 Å². The van der Waals surface area contributed by atoms with Gasteiger partial charge < -0.3 is 0 Å². The first kappa shape index (κ1) is 6.73. The third kappa shape index (κ3) is 1.12. The molecule has 2 rings (SSSR count). The molecule has 2 heterocycles. The van der Waals surface area contributed by atoms with Crippen molar-refractivity contribution in [1.29, 1.82) is 0 Å². The summed E-state index contributed by atoms with van der Waals surface area (Å²) in [5.74, 6) is 0. The van der Waals surface area contributed by atoms with Crippen LogP contribution in [0.1, 0.15) is 10.6 Å². The highest BCUT2D eigenvalue weighted by Gasteiger charge is 1.99. The Balaban J connectivity index is 2.82. The molecule has 56 valence electrons. The van der Waals surface area contributed by atoms with E-state index in [0.717, 1.165) is 16.0 Å². The number of aryl methyl sites for hydroxylation is 2. The van der Waals surface area contributed by atoms with Crippen LogP contribution in [0.2, 0.25) is 0 Å². The first-order valence-electron chi connectivity index (χ1n) is 3.45. The van der Waals surface area contributed by atoms with E-state index in [1.807, 2.05) is 6.92 Å². The summed E-state index contributed by atoms with van der Waals surface area (Å²) in [6, 6.07) is 2.07. The van der Waals surface area contributed by atoms with Crippen molar-refractivity contribution in [3.63, 3.8) is 0 Å². The molecular formula is C8H8N2S. The van der Waals surface area contributed by atoms with Gasteiger partial charge in [0.15, 0.2) is 0 Å². The Labute approximate surface area is 68.9 Å². The minimum absolute atomic E-state index is 0.982. The number of thiophene rings is 1. The van der Waals surface area contributed by atoms with Crippen LogP contribution in [0.5, 0.6) is 0 Å². The maximum atomic E-state index is 4.34. The van der Waals surface area contributed by atoms with Gasteiger partial charge in [-0.25, -0.2) is 9.97 Å². The van der Waals surface area contributed by atoms with Gasteiger partial charge in [0.1, 0.15) is 10.3 Å². The highest BCUT2D eigenvalue weighted by atomic mass is 32.1. The maximum Gasteiger partial charge on any atom is 0.142 e. The number of hydrogen-bond donors (Lipinski definition) is 0. The van der Waals surface area contributed by atoms with Crippen molar-refractivity contribution >= 4 is 21.7 Å². The molecule has 0 aliphatic heterocycles. The summed E-state index contributed by atoms with van der Waals surface area (Å²) < 4.78 is 0. The Hall–Kier alpha value is -0.960. The molecule has 0 aliphatic carbocycles. The third-order valence-corrected chi connectivity index (χ3v) is 2.43. The van der Waals surface area contributed by atoms with Gasteiger partial charge in [-0.1, -0.05) is 0 Å². The molecular weight excluding hydrogens is 156 g/mol. The number of rotatable bonds is 0. The van der Waals surface area contributed by atoms with Gasteiger partial charge >= 0.3 is 0 Å². The lowest BCUT2D eigenvalue weighted by Crippen LogP contribution is -1.81. The zero-order valence-electron chi connectivity index (χ0n) is 6.46. The molecule has 0 aliphatic rings. The summed E-state index contributed by atoms with van der Waals surface area (Å²) in [5, 5.41) is 0. The molecule has 0 fully saturated rings. The van der Waals surface area contributed by atoms with E-state index in [1.54, 1.807) is 17.5 Å². The summed E-state index contributed by atoms with van der Waals surface area (Å²) in [6.45, 7) is 4.03. The van der Waals surface area contributed by atoms with Crippen LogP contribution in [0.25, 0.3) is 10.3 Å². The normalized spacial score (nSPS) is 10.7. The van der Waals surface area contributed by atoms with Crippen LogP contribution in [-0.4, -0.2) is 9.97 Å². The number of nitrogens with zero attached hydrogens (tertiary/aromatic N) is 2. The molecule has 0 unspecified atom stereocenters. The maximum absolute atomic E-state index is 4.34. The standard InChI is InChI=1S/C8H8N2S/c1-5-4-9-8-7(10-5)3-6(2)11-8/h3-4H,1-2H3. The second-order valence-electron chi connectivity index (χ2n) is 2.56. The fourth-order valence-electron chi connectivity index (χ4n) is 1.03. The Bertz CT molecular complexity index is 392. The van der Waals surface area contributed by atoms with Crippen LogP contribution >= 0.6 is 11.3 Å². The molecule has 0 spiro atoms. The van der Waals surface area contributed by atoms with Crippen molar-refractivity contribution in [3.05, 3.63) is 22.8 Å². The van der Waals surface area contributed by atoms with E-state index >= 15 is 0 Å². The molecule has 11 heavy (non-hydrogen) atoms. The van der Waals surface area contributed by atoms with Crippen molar-refractivity contribution in [1.82, 2.24) is 9.97 Å². The van der Waals surface area contributed by atoms with Crippen molar-refractivity contribution in [2.45, 2.75) is 13.8 Å².